The molecule has 0 aliphatic carbocycles. The SMILES string of the molecule is C#CCN(Cc1ccco1)C(=O)[C@H]1CCCN(C2CCN(C(C)C)CC2)C1. The number of rotatable bonds is 6. The molecule has 5 heteroatoms. The van der Waals surface area contributed by atoms with Crippen LogP contribution in [0.15, 0.2) is 22.8 Å². The summed E-state index contributed by atoms with van der Waals surface area (Å²) in [4.78, 5) is 20.0. The summed E-state index contributed by atoms with van der Waals surface area (Å²) in [6.45, 7) is 9.65. The Morgan fingerprint density at radius 1 is 1.33 bits per heavy atom. The standard InChI is InChI=1S/C22H33N3O2/c1-4-11-25(17-21-8-6-15-27-21)22(26)19-7-5-12-24(16-19)20-9-13-23(14-10-20)18(2)3/h1,6,8,15,18-20H,5,7,9-14,16-17H2,2-3H3/t19-/m0/s1. The topological polar surface area (TPSA) is 39.9 Å². The highest BCUT2D eigenvalue weighted by Crippen LogP contribution is 2.26. The van der Waals surface area contributed by atoms with Crippen LogP contribution in [0.1, 0.15) is 45.3 Å². The highest BCUT2D eigenvalue weighted by molar-refractivity contribution is 5.79. The Labute approximate surface area is 163 Å². The molecule has 2 aliphatic heterocycles. The first-order valence-corrected chi connectivity index (χ1v) is 10.3. The third kappa shape index (κ3) is 5.15. The van der Waals surface area contributed by atoms with E-state index >= 15 is 0 Å². The number of terminal acetylenes is 1. The van der Waals surface area contributed by atoms with Gasteiger partial charge in [-0.25, -0.2) is 0 Å². The predicted molar refractivity (Wildman–Crippen MR) is 107 cm³/mol. The molecule has 1 amide bonds. The molecule has 2 saturated heterocycles. The Kier molecular flexibility index (Phi) is 6.98. The maximum Gasteiger partial charge on any atom is 0.228 e. The van der Waals surface area contributed by atoms with Crippen LogP contribution in [-0.4, -0.2) is 65.4 Å². The molecule has 148 valence electrons. The summed E-state index contributed by atoms with van der Waals surface area (Å²) in [7, 11) is 0. The van der Waals surface area contributed by atoms with Gasteiger partial charge in [0.2, 0.25) is 5.91 Å². The van der Waals surface area contributed by atoms with Gasteiger partial charge in [0.1, 0.15) is 5.76 Å². The number of piperidine rings is 2. The Morgan fingerprint density at radius 3 is 2.74 bits per heavy atom. The maximum atomic E-state index is 13.1. The number of likely N-dealkylation sites (tertiary alicyclic amines) is 2. The fourth-order valence-electron chi connectivity index (χ4n) is 4.48. The molecule has 2 aliphatic rings. The van der Waals surface area contributed by atoms with Crippen LogP contribution >= 0.6 is 0 Å². The molecule has 1 atom stereocenters. The minimum absolute atomic E-state index is 0.0465. The number of furan rings is 1. The molecule has 1 aromatic rings. The van der Waals surface area contributed by atoms with Crippen molar-refractivity contribution in [3.63, 3.8) is 0 Å². The number of hydrogen-bond donors (Lipinski definition) is 0. The van der Waals surface area contributed by atoms with Crippen LogP contribution in [-0.2, 0) is 11.3 Å². The van der Waals surface area contributed by atoms with Gasteiger partial charge >= 0.3 is 0 Å². The van der Waals surface area contributed by atoms with E-state index in [4.69, 9.17) is 10.8 Å². The number of carbonyl (C=O) groups is 1. The molecule has 0 radical (unpaired) electrons. The lowest BCUT2D eigenvalue weighted by Crippen LogP contribution is -2.52. The molecular formula is C22H33N3O2. The first-order chi connectivity index (χ1) is 13.1. The zero-order valence-electron chi connectivity index (χ0n) is 16.8. The van der Waals surface area contributed by atoms with E-state index in [-0.39, 0.29) is 11.8 Å². The van der Waals surface area contributed by atoms with Crippen molar-refractivity contribution in [2.75, 3.05) is 32.7 Å². The third-order valence-electron chi connectivity index (χ3n) is 6.07. The molecule has 3 heterocycles. The van der Waals surface area contributed by atoms with Gasteiger partial charge in [0.25, 0.3) is 0 Å². The molecule has 1 aromatic heterocycles. The number of hydrogen-bond acceptors (Lipinski definition) is 4. The normalized spacial score (nSPS) is 22.7. The van der Waals surface area contributed by atoms with Crippen molar-refractivity contribution in [2.45, 2.75) is 58.2 Å². The van der Waals surface area contributed by atoms with Crippen molar-refractivity contribution < 1.29 is 9.21 Å². The lowest BCUT2D eigenvalue weighted by atomic mass is 9.92. The Hall–Kier alpha value is -1.77. The van der Waals surface area contributed by atoms with Crippen LogP contribution < -0.4 is 0 Å². The van der Waals surface area contributed by atoms with Crippen LogP contribution in [0.3, 0.4) is 0 Å². The van der Waals surface area contributed by atoms with Gasteiger partial charge in [-0.2, -0.15) is 0 Å². The fraction of sp³-hybridized carbons (Fsp3) is 0.682. The molecule has 0 bridgehead atoms. The van der Waals surface area contributed by atoms with Gasteiger partial charge in [-0.05, 0) is 71.3 Å². The van der Waals surface area contributed by atoms with E-state index in [0.29, 0.717) is 25.2 Å². The van der Waals surface area contributed by atoms with Gasteiger partial charge < -0.3 is 14.2 Å². The molecule has 0 saturated carbocycles. The number of carbonyl (C=O) groups excluding carboxylic acids is 1. The van der Waals surface area contributed by atoms with Gasteiger partial charge in [-0.1, -0.05) is 5.92 Å². The lowest BCUT2D eigenvalue weighted by Gasteiger charge is -2.43. The molecule has 3 rings (SSSR count). The highest BCUT2D eigenvalue weighted by Gasteiger charge is 2.33. The third-order valence-corrected chi connectivity index (χ3v) is 6.07. The van der Waals surface area contributed by atoms with Crippen molar-refractivity contribution in [3.05, 3.63) is 24.2 Å². The lowest BCUT2D eigenvalue weighted by molar-refractivity contribution is -0.138. The highest BCUT2D eigenvalue weighted by atomic mass is 16.3. The van der Waals surface area contributed by atoms with Gasteiger partial charge in [0.15, 0.2) is 0 Å². The van der Waals surface area contributed by atoms with Crippen LogP contribution in [0, 0.1) is 18.3 Å². The fourth-order valence-corrected chi connectivity index (χ4v) is 4.48. The van der Waals surface area contributed by atoms with Crippen LogP contribution in [0.25, 0.3) is 0 Å². The molecule has 0 spiro atoms. The zero-order chi connectivity index (χ0) is 19.2. The Balaban J connectivity index is 1.57. The smallest absolute Gasteiger partial charge is 0.228 e. The van der Waals surface area contributed by atoms with Crippen LogP contribution in [0.5, 0.6) is 0 Å². The summed E-state index contributed by atoms with van der Waals surface area (Å²) in [5.74, 6) is 3.64. The van der Waals surface area contributed by atoms with E-state index in [1.165, 1.54) is 25.9 Å². The van der Waals surface area contributed by atoms with E-state index in [0.717, 1.165) is 31.7 Å². The Bertz CT molecular complexity index is 626. The van der Waals surface area contributed by atoms with Crippen molar-refractivity contribution >= 4 is 5.91 Å². The largest absolute Gasteiger partial charge is 0.467 e. The van der Waals surface area contributed by atoms with Crippen molar-refractivity contribution in [2.24, 2.45) is 5.92 Å². The summed E-state index contributed by atoms with van der Waals surface area (Å²) >= 11 is 0. The molecule has 27 heavy (non-hydrogen) atoms. The second-order valence-electron chi connectivity index (χ2n) is 8.17. The van der Waals surface area contributed by atoms with E-state index in [1.807, 2.05) is 12.1 Å². The van der Waals surface area contributed by atoms with Crippen LogP contribution in [0.2, 0.25) is 0 Å². The van der Waals surface area contributed by atoms with E-state index in [9.17, 15) is 4.79 Å². The monoisotopic (exact) mass is 371 g/mol. The molecule has 0 aromatic carbocycles. The summed E-state index contributed by atoms with van der Waals surface area (Å²) in [6, 6.07) is 4.98. The second-order valence-corrected chi connectivity index (χ2v) is 8.17. The second kappa shape index (κ2) is 9.43. The quantitative estimate of drug-likeness (QED) is 0.721. The van der Waals surface area contributed by atoms with Crippen LogP contribution in [0.4, 0.5) is 0 Å². The van der Waals surface area contributed by atoms with E-state index in [2.05, 4.69) is 29.6 Å². The number of amides is 1. The average molecular weight is 372 g/mol. The summed E-state index contributed by atoms with van der Waals surface area (Å²) in [5, 5.41) is 0. The molecule has 0 unspecified atom stereocenters. The van der Waals surface area contributed by atoms with Crippen molar-refractivity contribution in [3.8, 4) is 12.3 Å². The van der Waals surface area contributed by atoms with Gasteiger partial charge in [-0.3, -0.25) is 9.69 Å². The van der Waals surface area contributed by atoms with Gasteiger partial charge in [0, 0.05) is 18.6 Å². The first-order valence-electron chi connectivity index (χ1n) is 10.3. The Morgan fingerprint density at radius 2 is 2.11 bits per heavy atom. The molecule has 0 N–H and O–H groups in total. The molecular weight excluding hydrogens is 338 g/mol. The molecule has 2 fully saturated rings. The first kappa shape index (κ1) is 20.0. The van der Waals surface area contributed by atoms with E-state index < -0.39 is 0 Å². The predicted octanol–water partition coefficient (Wildman–Crippen LogP) is 2.83. The van der Waals surface area contributed by atoms with Gasteiger partial charge in [0.05, 0.1) is 25.3 Å². The molecule has 5 nitrogen and oxygen atoms in total. The van der Waals surface area contributed by atoms with Gasteiger partial charge in [-0.15, -0.1) is 6.42 Å². The van der Waals surface area contributed by atoms with Crippen molar-refractivity contribution in [1.82, 2.24) is 14.7 Å². The van der Waals surface area contributed by atoms with Crippen molar-refractivity contribution in [1.29, 1.82) is 0 Å². The zero-order valence-corrected chi connectivity index (χ0v) is 16.8. The summed E-state index contributed by atoms with van der Waals surface area (Å²) in [6.07, 6.45) is 11.6. The van der Waals surface area contributed by atoms with E-state index in [1.54, 1.807) is 11.2 Å². The summed E-state index contributed by atoms with van der Waals surface area (Å²) < 4.78 is 5.42. The summed E-state index contributed by atoms with van der Waals surface area (Å²) in [5.41, 5.74) is 0. The maximum absolute atomic E-state index is 13.1. The minimum atomic E-state index is 0.0465. The number of nitrogens with zero attached hydrogens (tertiary/aromatic N) is 3. The average Bonchev–Trinajstić information content (AvgIpc) is 3.20. The minimum Gasteiger partial charge on any atom is -0.467 e.